The first kappa shape index (κ1) is 15.6. The normalized spacial score (nSPS) is 16.1. The van der Waals surface area contributed by atoms with Gasteiger partial charge in [0, 0.05) is 17.3 Å². The molecule has 1 aliphatic rings. The van der Waals surface area contributed by atoms with Gasteiger partial charge in [-0.3, -0.25) is 0 Å². The first-order chi connectivity index (χ1) is 11.5. The number of nitrogens with zero attached hydrogens (tertiary/aromatic N) is 1. The summed E-state index contributed by atoms with van der Waals surface area (Å²) in [6, 6.07) is 12.3. The summed E-state index contributed by atoms with van der Waals surface area (Å²) in [6.45, 7) is 2.25. The second-order valence-corrected chi connectivity index (χ2v) is 5.38. The molecule has 6 heteroatoms. The van der Waals surface area contributed by atoms with Crippen LogP contribution in [-0.4, -0.2) is 11.7 Å². The number of fused-ring (bicyclic) bond motifs is 1. The van der Waals surface area contributed by atoms with E-state index in [1.807, 2.05) is 13.0 Å². The Balaban J connectivity index is 2.18. The molecule has 0 saturated carbocycles. The lowest BCUT2D eigenvalue weighted by Gasteiger charge is -2.27. The Hall–Kier alpha value is -3.33. The number of anilines is 1. The SMILES string of the molecule is CCOc1cc([C@H]2C(C#N)=C(N)Oc3cc(N)ccc32)ccc1O. The van der Waals surface area contributed by atoms with Crippen LogP contribution >= 0.6 is 0 Å². The van der Waals surface area contributed by atoms with E-state index in [2.05, 4.69) is 6.07 Å². The van der Waals surface area contributed by atoms with Crippen LogP contribution in [0.15, 0.2) is 47.9 Å². The van der Waals surface area contributed by atoms with E-state index in [0.29, 0.717) is 29.4 Å². The van der Waals surface area contributed by atoms with E-state index in [1.165, 1.54) is 6.07 Å². The molecule has 0 unspecified atom stereocenters. The fourth-order valence-corrected chi connectivity index (χ4v) is 2.80. The molecule has 0 saturated heterocycles. The van der Waals surface area contributed by atoms with E-state index in [4.69, 9.17) is 20.9 Å². The number of hydrogen-bond acceptors (Lipinski definition) is 6. The minimum atomic E-state index is -0.417. The Morgan fingerprint density at radius 3 is 2.75 bits per heavy atom. The second-order valence-electron chi connectivity index (χ2n) is 5.38. The third kappa shape index (κ3) is 2.57. The smallest absolute Gasteiger partial charge is 0.205 e. The van der Waals surface area contributed by atoms with Gasteiger partial charge in [0.05, 0.1) is 12.5 Å². The van der Waals surface area contributed by atoms with Gasteiger partial charge in [0.2, 0.25) is 5.88 Å². The third-order valence-corrected chi connectivity index (χ3v) is 3.86. The average Bonchev–Trinajstić information content (AvgIpc) is 2.55. The molecule has 0 fully saturated rings. The van der Waals surface area contributed by atoms with E-state index in [0.717, 1.165) is 11.1 Å². The summed E-state index contributed by atoms with van der Waals surface area (Å²) in [5.41, 5.74) is 14.1. The zero-order chi connectivity index (χ0) is 17.3. The molecule has 1 heterocycles. The van der Waals surface area contributed by atoms with Gasteiger partial charge in [0.1, 0.15) is 17.4 Å². The highest BCUT2D eigenvalue weighted by molar-refractivity contribution is 5.60. The molecule has 2 aromatic carbocycles. The van der Waals surface area contributed by atoms with Crippen molar-refractivity contribution in [3.63, 3.8) is 0 Å². The zero-order valence-corrected chi connectivity index (χ0v) is 13.1. The maximum atomic E-state index is 9.90. The summed E-state index contributed by atoms with van der Waals surface area (Å²) < 4.78 is 11.0. The molecule has 24 heavy (non-hydrogen) atoms. The number of nitrogen functional groups attached to an aromatic ring is 1. The highest BCUT2D eigenvalue weighted by Crippen LogP contribution is 2.44. The Bertz CT molecular complexity index is 868. The van der Waals surface area contributed by atoms with Crippen LogP contribution in [0.2, 0.25) is 0 Å². The average molecular weight is 323 g/mol. The van der Waals surface area contributed by atoms with Crippen LogP contribution < -0.4 is 20.9 Å². The minimum Gasteiger partial charge on any atom is -0.504 e. The molecule has 6 nitrogen and oxygen atoms in total. The van der Waals surface area contributed by atoms with Crippen molar-refractivity contribution in [2.45, 2.75) is 12.8 Å². The van der Waals surface area contributed by atoms with E-state index in [-0.39, 0.29) is 11.6 Å². The molecule has 0 spiro atoms. The van der Waals surface area contributed by atoms with Crippen molar-refractivity contribution < 1.29 is 14.6 Å². The summed E-state index contributed by atoms with van der Waals surface area (Å²) in [4.78, 5) is 0. The molecule has 0 amide bonds. The summed E-state index contributed by atoms with van der Waals surface area (Å²) in [7, 11) is 0. The summed E-state index contributed by atoms with van der Waals surface area (Å²) >= 11 is 0. The molecule has 0 aromatic heterocycles. The van der Waals surface area contributed by atoms with Crippen LogP contribution in [0, 0.1) is 11.3 Å². The first-order valence-corrected chi connectivity index (χ1v) is 7.47. The molecular weight excluding hydrogens is 306 g/mol. The molecule has 0 bridgehead atoms. The molecule has 5 N–H and O–H groups in total. The highest BCUT2D eigenvalue weighted by atomic mass is 16.5. The lowest BCUT2D eigenvalue weighted by Crippen LogP contribution is -2.21. The van der Waals surface area contributed by atoms with Gasteiger partial charge in [-0.05, 0) is 30.7 Å². The Labute approximate surface area is 139 Å². The lowest BCUT2D eigenvalue weighted by molar-refractivity contribution is 0.317. The molecule has 122 valence electrons. The molecule has 0 aliphatic carbocycles. The summed E-state index contributed by atoms with van der Waals surface area (Å²) in [6.07, 6.45) is 0. The third-order valence-electron chi connectivity index (χ3n) is 3.86. The van der Waals surface area contributed by atoms with Crippen LogP contribution in [0.1, 0.15) is 24.0 Å². The maximum absolute atomic E-state index is 9.90. The van der Waals surface area contributed by atoms with E-state index >= 15 is 0 Å². The number of aromatic hydroxyl groups is 1. The Morgan fingerprint density at radius 1 is 1.25 bits per heavy atom. The van der Waals surface area contributed by atoms with Crippen LogP contribution in [0.5, 0.6) is 17.2 Å². The predicted molar refractivity (Wildman–Crippen MR) is 89.4 cm³/mol. The quantitative estimate of drug-likeness (QED) is 0.748. The van der Waals surface area contributed by atoms with Gasteiger partial charge in [0.25, 0.3) is 0 Å². The number of allylic oxidation sites excluding steroid dienone is 1. The minimum absolute atomic E-state index is 0.0423. The highest BCUT2D eigenvalue weighted by Gasteiger charge is 2.31. The van der Waals surface area contributed by atoms with Gasteiger partial charge in [-0.2, -0.15) is 5.26 Å². The standard InChI is InChI=1S/C18H17N3O3/c1-2-23-16-7-10(3-6-14(16)22)17-12-5-4-11(20)8-15(12)24-18(21)13(17)9-19/h3-8,17,22H,2,20-21H2,1H3/t17-/m1/s1. The largest absolute Gasteiger partial charge is 0.504 e. The number of nitriles is 1. The van der Waals surface area contributed by atoms with Gasteiger partial charge in [-0.15, -0.1) is 0 Å². The number of rotatable bonds is 3. The van der Waals surface area contributed by atoms with E-state index in [9.17, 15) is 10.4 Å². The van der Waals surface area contributed by atoms with Gasteiger partial charge >= 0.3 is 0 Å². The molecule has 1 atom stereocenters. The lowest BCUT2D eigenvalue weighted by atomic mass is 9.83. The van der Waals surface area contributed by atoms with Crippen molar-refractivity contribution >= 4 is 5.69 Å². The molecule has 2 aromatic rings. The van der Waals surface area contributed by atoms with Crippen molar-refractivity contribution in [3.05, 3.63) is 59.0 Å². The van der Waals surface area contributed by atoms with Crippen molar-refractivity contribution in [2.24, 2.45) is 5.73 Å². The van der Waals surface area contributed by atoms with Crippen LogP contribution in [-0.2, 0) is 0 Å². The molecule has 3 rings (SSSR count). The zero-order valence-electron chi connectivity index (χ0n) is 13.1. The van der Waals surface area contributed by atoms with Gasteiger partial charge in [0.15, 0.2) is 11.5 Å². The fourth-order valence-electron chi connectivity index (χ4n) is 2.80. The van der Waals surface area contributed by atoms with E-state index < -0.39 is 5.92 Å². The monoisotopic (exact) mass is 323 g/mol. The summed E-state index contributed by atoms with van der Waals surface area (Å²) in [5.74, 6) is 0.545. The van der Waals surface area contributed by atoms with Crippen molar-refractivity contribution in [2.75, 3.05) is 12.3 Å². The van der Waals surface area contributed by atoms with Crippen molar-refractivity contribution in [1.82, 2.24) is 0 Å². The number of phenolic OH excluding ortho intramolecular Hbond substituents is 1. The number of benzene rings is 2. The van der Waals surface area contributed by atoms with Crippen LogP contribution in [0.4, 0.5) is 5.69 Å². The first-order valence-electron chi connectivity index (χ1n) is 7.47. The predicted octanol–water partition coefficient (Wildman–Crippen LogP) is 2.59. The van der Waals surface area contributed by atoms with Gasteiger partial charge in [-0.1, -0.05) is 12.1 Å². The second kappa shape index (κ2) is 6.05. The van der Waals surface area contributed by atoms with Gasteiger partial charge in [-0.25, -0.2) is 0 Å². The summed E-state index contributed by atoms with van der Waals surface area (Å²) in [5, 5.41) is 19.4. The van der Waals surface area contributed by atoms with Crippen molar-refractivity contribution in [3.8, 4) is 23.3 Å². The molecular formula is C18H17N3O3. The van der Waals surface area contributed by atoms with Crippen molar-refractivity contribution in [1.29, 1.82) is 5.26 Å². The molecule has 1 aliphatic heterocycles. The van der Waals surface area contributed by atoms with Gasteiger partial charge < -0.3 is 26.0 Å². The van der Waals surface area contributed by atoms with E-state index in [1.54, 1.807) is 24.3 Å². The van der Waals surface area contributed by atoms with Crippen LogP contribution in [0.25, 0.3) is 0 Å². The molecule has 0 radical (unpaired) electrons. The Kier molecular flexibility index (Phi) is 3.92. The number of hydrogen-bond donors (Lipinski definition) is 3. The maximum Gasteiger partial charge on any atom is 0.205 e. The fraction of sp³-hybridized carbons (Fsp3) is 0.167. The Morgan fingerprint density at radius 2 is 2.04 bits per heavy atom. The number of nitrogens with two attached hydrogens (primary N) is 2. The number of phenols is 1. The van der Waals surface area contributed by atoms with Crippen LogP contribution in [0.3, 0.4) is 0 Å². The topological polar surface area (TPSA) is 115 Å². The number of ether oxygens (including phenoxy) is 2.